The van der Waals surface area contributed by atoms with Gasteiger partial charge in [-0.2, -0.15) is 0 Å². The zero-order valence-corrected chi connectivity index (χ0v) is 11.3. The zero-order chi connectivity index (χ0) is 15.0. The van der Waals surface area contributed by atoms with Crippen molar-refractivity contribution in [2.45, 2.75) is 13.3 Å². The molecule has 1 rings (SSSR count). The van der Waals surface area contributed by atoms with Gasteiger partial charge in [0.25, 0.3) is 5.91 Å². The summed E-state index contributed by atoms with van der Waals surface area (Å²) in [5, 5.41) is 11.4. The molecular weight excluding hydrogens is 258 g/mol. The van der Waals surface area contributed by atoms with Crippen LogP contribution in [-0.2, 0) is 4.79 Å². The number of nitrogens with zero attached hydrogens (tertiary/aromatic N) is 2. The van der Waals surface area contributed by atoms with Gasteiger partial charge in [0.1, 0.15) is 12.4 Å². The molecule has 0 aliphatic rings. The predicted octanol–water partition coefficient (Wildman–Crippen LogP) is 0.746. The molecule has 0 spiro atoms. The molecule has 6 nitrogen and oxygen atoms in total. The average Bonchev–Trinajstić information content (AvgIpc) is 2.44. The highest BCUT2D eigenvalue weighted by Crippen LogP contribution is 2.11. The molecule has 1 aromatic heterocycles. The first kappa shape index (κ1) is 15.5. The first-order chi connectivity index (χ1) is 9.58. The summed E-state index contributed by atoms with van der Waals surface area (Å²) in [4.78, 5) is 28.2. The SMILES string of the molecule is C#CCNC(=O)c1ccc(N(CCC)CC(=O)O)nc1. The Morgan fingerprint density at radius 3 is 2.75 bits per heavy atom. The van der Waals surface area contributed by atoms with Gasteiger partial charge in [-0.1, -0.05) is 12.8 Å². The second kappa shape index (κ2) is 7.79. The van der Waals surface area contributed by atoms with E-state index in [9.17, 15) is 9.59 Å². The fraction of sp³-hybridized carbons (Fsp3) is 0.357. The van der Waals surface area contributed by atoms with Crippen LogP contribution in [0.1, 0.15) is 23.7 Å². The minimum absolute atomic E-state index is 0.122. The molecule has 0 aliphatic carbocycles. The van der Waals surface area contributed by atoms with E-state index in [1.54, 1.807) is 17.0 Å². The number of terminal acetylenes is 1. The van der Waals surface area contributed by atoms with E-state index in [1.165, 1.54) is 6.20 Å². The monoisotopic (exact) mass is 275 g/mol. The summed E-state index contributed by atoms with van der Waals surface area (Å²) in [6.07, 6.45) is 7.27. The van der Waals surface area contributed by atoms with Crippen LogP contribution >= 0.6 is 0 Å². The molecule has 106 valence electrons. The molecule has 1 aromatic rings. The third-order valence-electron chi connectivity index (χ3n) is 2.50. The van der Waals surface area contributed by atoms with Gasteiger partial charge < -0.3 is 15.3 Å². The summed E-state index contributed by atoms with van der Waals surface area (Å²) in [5.41, 5.74) is 0.385. The zero-order valence-electron chi connectivity index (χ0n) is 11.3. The van der Waals surface area contributed by atoms with E-state index < -0.39 is 5.97 Å². The van der Waals surface area contributed by atoms with Crippen LogP contribution in [0.5, 0.6) is 0 Å². The lowest BCUT2D eigenvalue weighted by atomic mass is 10.2. The highest BCUT2D eigenvalue weighted by Gasteiger charge is 2.12. The molecule has 20 heavy (non-hydrogen) atoms. The largest absolute Gasteiger partial charge is 0.480 e. The van der Waals surface area contributed by atoms with Crippen LogP contribution in [-0.4, -0.2) is 41.6 Å². The molecule has 0 saturated carbocycles. The van der Waals surface area contributed by atoms with Crippen LogP contribution in [0.15, 0.2) is 18.3 Å². The highest BCUT2D eigenvalue weighted by atomic mass is 16.4. The van der Waals surface area contributed by atoms with E-state index in [0.29, 0.717) is 17.9 Å². The second-order valence-electron chi connectivity index (χ2n) is 4.11. The molecule has 0 fully saturated rings. The van der Waals surface area contributed by atoms with Crippen molar-refractivity contribution >= 4 is 17.7 Å². The van der Waals surface area contributed by atoms with Gasteiger partial charge in [-0.15, -0.1) is 6.42 Å². The van der Waals surface area contributed by atoms with E-state index in [-0.39, 0.29) is 19.0 Å². The number of aromatic nitrogens is 1. The van der Waals surface area contributed by atoms with Crippen molar-refractivity contribution in [1.29, 1.82) is 0 Å². The Balaban J connectivity index is 2.80. The number of amides is 1. The van der Waals surface area contributed by atoms with E-state index >= 15 is 0 Å². The summed E-state index contributed by atoms with van der Waals surface area (Å²) in [5.74, 6) is 1.62. The van der Waals surface area contributed by atoms with Crippen molar-refractivity contribution < 1.29 is 14.7 Å². The Morgan fingerprint density at radius 1 is 1.50 bits per heavy atom. The Bertz CT molecular complexity index is 505. The average molecular weight is 275 g/mol. The van der Waals surface area contributed by atoms with Crippen LogP contribution in [0.3, 0.4) is 0 Å². The number of carbonyl (C=O) groups excluding carboxylic acids is 1. The van der Waals surface area contributed by atoms with Crippen LogP contribution in [0.4, 0.5) is 5.82 Å². The molecule has 0 radical (unpaired) electrons. The summed E-state index contributed by atoms with van der Waals surface area (Å²) in [6, 6.07) is 3.22. The minimum atomic E-state index is -0.920. The highest BCUT2D eigenvalue weighted by molar-refractivity contribution is 5.94. The molecular formula is C14H17N3O3. The molecule has 0 aromatic carbocycles. The van der Waals surface area contributed by atoms with Crippen LogP contribution in [0.2, 0.25) is 0 Å². The van der Waals surface area contributed by atoms with Crippen LogP contribution < -0.4 is 10.2 Å². The van der Waals surface area contributed by atoms with Crippen molar-refractivity contribution in [2.75, 3.05) is 24.5 Å². The summed E-state index contributed by atoms with van der Waals surface area (Å²) >= 11 is 0. The molecule has 0 unspecified atom stereocenters. The lowest BCUT2D eigenvalue weighted by Crippen LogP contribution is -2.31. The number of rotatable bonds is 7. The molecule has 6 heteroatoms. The van der Waals surface area contributed by atoms with Gasteiger partial charge in [0, 0.05) is 12.7 Å². The molecule has 0 atom stereocenters. The first-order valence-corrected chi connectivity index (χ1v) is 6.23. The topological polar surface area (TPSA) is 82.5 Å². The van der Waals surface area contributed by atoms with Gasteiger partial charge in [-0.05, 0) is 18.6 Å². The maximum Gasteiger partial charge on any atom is 0.323 e. The van der Waals surface area contributed by atoms with Crippen molar-refractivity contribution in [1.82, 2.24) is 10.3 Å². The van der Waals surface area contributed by atoms with E-state index in [4.69, 9.17) is 11.5 Å². The maximum atomic E-state index is 11.6. The van der Waals surface area contributed by atoms with E-state index in [0.717, 1.165) is 6.42 Å². The summed E-state index contributed by atoms with van der Waals surface area (Å²) < 4.78 is 0. The summed E-state index contributed by atoms with van der Waals surface area (Å²) in [6.45, 7) is 2.57. The third kappa shape index (κ3) is 4.61. The van der Waals surface area contributed by atoms with E-state index in [2.05, 4.69) is 16.2 Å². The van der Waals surface area contributed by atoms with Gasteiger partial charge in [0.05, 0.1) is 12.1 Å². The summed E-state index contributed by atoms with van der Waals surface area (Å²) in [7, 11) is 0. The van der Waals surface area contributed by atoms with Crippen molar-refractivity contribution in [3.8, 4) is 12.3 Å². The Hall–Kier alpha value is -2.55. The molecule has 0 bridgehead atoms. The van der Waals surface area contributed by atoms with Gasteiger partial charge in [-0.25, -0.2) is 4.98 Å². The van der Waals surface area contributed by atoms with Crippen LogP contribution in [0.25, 0.3) is 0 Å². The second-order valence-corrected chi connectivity index (χ2v) is 4.11. The number of carboxylic acids is 1. The van der Waals surface area contributed by atoms with Gasteiger partial charge >= 0.3 is 5.97 Å². The fourth-order valence-corrected chi connectivity index (χ4v) is 1.65. The number of carbonyl (C=O) groups is 2. The van der Waals surface area contributed by atoms with Gasteiger partial charge in [0.15, 0.2) is 0 Å². The standard InChI is InChI=1S/C14H17N3O3/c1-3-7-15-14(20)11-5-6-12(16-9-11)17(8-4-2)10-13(18)19/h1,5-6,9H,4,7-8,10H2,2H3,(H,15,20)(H,18,19). The number of anilines is 1. The first-order valence-electron chi connectivity index (χ1n) is 6.23. The normalized spacial score (nSPS) is 9.60. The lowest BCUT2D eigenvalue weighted by Gasteiger charge is -2.20. The Morgan fingerprint density at radius 2 is 2.25 bits per heavy atom. The number of aliphatic carboxylic acids is 1. The van der Waals surface area contributed by atoms with Gasteiger partial charge in [0.2, 0.25) is 0 Å². The molecule has 0 aliphatic heterocycles. The molecule has 1 heterocycles. The number of hydrogen-bond donors (Lipinski definition) is 2. The molecule has 1 amide bonds. The van der Waals surface area contributed by atoms with Crippen molar-refractivity contribution in [3.05, 3.63) is 23.9 Å². The predicted molar refractivity (Wildman–Crippen MR) is 75.5 cm³/mol. The Kier molecular flexibility index (Phi) is 6.04. The smallest absolute Gasteiger partial charge is 0.323 e. The van der Waals surface area contributed by atoms with Crippen molar-refractivity contribution in [3.63, 3.8) is 0 Å². The fourth-order valence-electron chi connectivity index (χ4n) is 1.65. The van der Waals surface area contributed by atoms with Crippen LogP contribution in [0, 0.1) is 12.3 Å². The van der Waals surface area contributed by atoms with Crippen molar-refractivity contribution in [2.24, 2.45) is 0 Å². The minimum Gasteiger partial charge on any atom is -0.480 e. The number of hydrogen-bond acceptors (Lipinski definition) is 4. The maximum absolute atomic E-state index is 11.6. The van der Waals surface area contributed by atoms with E-state index in [1.807, 2.05) is 6.92 Å². The number of pyridine rings is 1. The third-order valence-corrected chi connectivity index (χ3v) is 2.50. The number of nitrogens with one attached hydrogen (secondary N) is 1. The number of carboxylic acid groups (broad SMARTS) is 1. The molecule has 2 N–H and O–H groups in total. The quantitative estimate of drug-likeness (QED) is 0.717. The Labute approximate surface area is 117 Å². The lowest BCUT2D eigenvalue weighted by molar-refractivity contribution is -0.135. The van der Waals surface area contributed by atoms with Gasteiger partial charge in [-0.3, -0.25) is 9.59 Å². The molecule has 0 saturated heterocycles.